The van der Waals surface area contributed by atoms with Crippen molar-refractivity contribution in [1.29, 1.82) is 0 Å². The van der Waals surface area contributed by atoms with Crippen LogP contribution in [0, 0.1) is 0 Å². The van der Waals surface area contributed by atoms with Crippen LogP contribution in [0.4, 0.5) is 24.7 Å². The number of imidazole rings is 1. The van der Waals surface area contributed by atoms with Gasteiger partial charge in [0.1, 0.15) is 22.9 Å². The lowest BCUT2D eigenvalue weighted by Gasteiger charge is -2.12. The molecule has 1 aromatic carbocycles. The number of carbonyl (C=O) groups is 1. The number of rotatable bonds is 5. The third kappa shape index (κ3) is 4.00. The van der Waals surface area contributed by atoms with Gasteiger partial charge in [-0.25, -0.2) is 14.8 Å². The van der Waals surface area contributed by atoms with Gasteiger partial charge in [-0.3, -0.25) is 4.40 Å². The fourth-order valence-corrected chi connectivity index (χ4v) is 3.09. The molecular formula is C21H15F3N4O3. The molecule has 0 saturated heterocycles. The minimum Gasteiger partial charge on any atom is -0.497 e. The minimum atomic E-state index is -4.43. The lowest BCUT2D eigenvalue weighted by atomic mass is 10.2. The lowest BCUT2D eigenvalue weighted by Crippen LogP contribution is -2.05. The number of anilines is 2. The number of carboxylic acids is 1. The van der Waals surface area contributed by atoms with Gasteiger partial charge in [0.05, 0.1) is 18.4 Å². The molecule has 7 nitrogen and oxygen atoms in total. The van der Waals surface area contributed by atoms with Crippen LogP contribution < -0.4 is 10.1 Å². The quantitative estimate of drug-likeness (QED) is 0.472. The van der Waals surface area contributed by atoms with E-state index in [4.69, 9.17) is 4.74 Å². The average Bonchev–Trinajstić information content (AvgIpc) is 3.13. The topological polar surface area (TPSA) is 88.8 Å². The van der Waals surface area contributed by atoms with Crippen LogP contribution in [-0.4, -0.2) is 32.6 Å². The molecule has 31 heavy (non-hydrogen) atoms. The zero-order chi connectivity index (χ0) is 22.2. The van der Waals surface area contributed by atoms with E-state index in [0.717, 1.165) is 12.1 Å². The first-order valence-electron chi connectivity index (χ1n) is 8.97. The molecule has 158 valence electrons. The van der Waals surface area contributed by atoms with Crippen LogP contribution in [0.5, 0.6) is 5.75 Å². The molecule has 4 rings (SSSR count). The molecule has 0 aliphatic rings. The van der Waals surface area contributed by atoms with E-state index >= 15 is 0 Å². The normalized spacial score (nSPS) is 11.5. The second-order valence-electron chi connectivity index (χ2n) is 6.52. The standard InChI is InChI=1S/C21H15F3N4O3/c1-31-14-10-15(19-18(20(29)30)27-17-4-2-3-9-28(17)19)26-16(11-14)25-13-7-5-12(6-8-13)21(22,23)24/h2-11H,1H3,(H,25,26)(H,29,30). The van der Waals surface area contributed by atoms with Crippen LogP contribution in [0.25, 0.3) is 17.0 Å². The molecule has 0 unspecified atom stereocenters. The molecule has 0 amide bonds. The predicted octanol–water partition coefficient (Wildman–Crippen LogP) is 4.87. The Bertz CT molecular complexity index is 1270. The van der Waals surface area contributed by atoms with E-state index in [9.17, 15) is 23.1 Å². The van der Waals surface area contributed by atoms with Gasteiger partial charge in [0, 0.05) is 24.0 Å². The number of alkyl halides is 3. The number of nitrogens with zero attached hydrogens (tertiary/aromatic N) is 3. The van der Waals surface area contributed by atoms with Crippen molar-refractivity contribution in [3.63, 3.8) is 0 Å². The van der Waals surface area contributed by atoms with E-state index in [1.165, 1.54) is 19.2 Å². The van der Waals surface area contributed by atoms with Crippen molar-refractivity contribution in [2.24, 2.45) is 0 Å². The fourth-order valence-electron chi connectivity index (χ4n) is 3.09. The first kappa shape index (κ1) is 20.2. The van der Waals surface area contributed by atoms with Crippen LogP contribution >= 0.6 is 0 Å². The SMILES string of the molecule is COc1cc(Nc2ccc(C(F)(F)F)cc2)nc(-c2c(C(=O)O)nc3ccccn23)c1. The molecule has 10 heteroatoms. The molecule has 0 saturated carbocycles. The molecule has 0 bridgehead atoms. The van der Waals surface area contributed by atoms with Crippen LogP contribution in [0.15, 0.2) is 60.8 Å². The number of pyridine rings is 2. The zero-order valence-corrected chi connectivity index (χ0v) is 16.0. The summed E-state index contributed by atoms with van der Waals surface area (Å²) >= 11 is 0. The Morgan fingerprint density at radius 2 is 1.84 bits per heavy atom. The van der Waals surface area contributed by atoms with Gasteiger partial charge < -0.3 is 15.2 Å². The summed E-state index contributed by atoms with van der Waals surface area (Å²) in [6, 6.07) is 12.7. The van der Waals surface area contributed by atoms with Crippen molar-refractivity contribution >= 4 is 23.1 Å². The highest BCUT2D eigenvalue weighted by molar-refractivity contribution is 5.94. The van der Waals surface area contributed by atoms with Crippen molar-refractivity contribution in [2.75, 3.05) is 12.4 Å². The molecule has 0 radical (unpaired) electrons. The number of carboxylic acid groups (broad SMARTS) is 1. The number of nitrogens with one attached hydrogen (secondary N) is 1. The Morgan fingerprint density at radius 1 is 1.10 bits per heavy atom. The average molecular weight is 428 g/mol. The van der Waals surface area contributed by atoms with E-state index < -0.39 is 17.7 Å². The summed E-state index contributed by atoms with van der Waals surface area (Å²) in [5.74, 6) is -0.585. The number of hydrogen-bond donors (Lipinski definition) is 2. The maximum atomic E-state index is 12.8. The first-order chi connectivity index (χ1) is 14.8. The van der Waals surface area contributed by atoms with Crippen molar-refractivity contribution in [3.05, 3.63) is 72.1 Å². The Labute approximate surface area is 173 Å². The number of aromatic nitrogens is 3. The highest BCUT2D eigenvalue weighted by Crippen LogP contribution is 2.32. The van der Waals surface area contributed by atoms with E-state index in [0.29, 0.717) is 17.1 Å². The minimum absolute atomic E-state index is 0.188. The summed E-state index contributed by atoms with van der Waals surface area (Å²) < 4.78 is 45.2. The Balaban J connectivity index is 1.78. The lowest BCUT2D eigenvalue weighted by molar-refractivity contribution is -0.137. The van der Waals surface area contributed by atoms with Gasteiger partial charge >= 0.3 is 12.1 Å². The Kier molecular flexibility index (Phi) is 4.97. The molecule has 0 aliphatic heterocycles. The second-order valence-corrected chi connectivity index (χ2v) is 6.52. The largest absolute Gasteiger partial charge is 0.497 e. The molecule has 4 aromatic rings. The van der Waals surface area contributed by atoms with Gasteiger partial charge in [-0.15, -0.1) is 0 Å². The van der Waals surface area contributed by atoms with Crippen molar-refractivity contribution in [3.8, 4) is 17.1 Å². The number of fused-ring (bicyclic) bond motifs is 1. The van der Waals surface area contributed by atoms with Gasteiger partial charge in [-0.2, -0.15) is 13.2 Å². The smallest absolute Gasteiger partial charge is 0.416 e. The summed E-state index contributed by atoms with van der Waals surface area (Å²) in [6.45, 7) is 0. The molecular weight excluding hydrogens is 413 g/mol. The van der Waals surface area contributed by atoms with Crippen LogP contribution in [-0.2, 0) is 6.18 Å². The summed E-state index contributed by atoms with van der Waals surface area (Å²) in [6.07, 6.45) is -2.77. The van der Waals surface area contributed by atoms with Gasteiger partial charge in [-0.1, -0.05) is 6.07 Å². The third-order valence-corrected chi connectivity index (χ3v) is 4.49. The number of halogens is 3. The van der Waals surface area contributed by atoms with E-state index in [1.54, 1.807) is 40.9 Å². The van der Waals surface area contributed by atoms with Crippen molar-refractivity contribution in [1.82, 2.24) is 14.4 Å². The van der Waals surface area contributed by atoms with Crippen LogP contribution in [0.3, 0.4) is 0 Å². The monoisotopic (exact) mass is 428 g/mol. The number of aromatic carboxylic acids is 1. The number of benzene rings is 1. The van der Waals surface area contributed by atoms with Gasteiger partial charge in [0.2, 0.25) is 0 Å². The molecule has 3 heterocycles. The molecule has 0 spiro atoms. The van der Waals surface area contributed by atoms with Gasteiger partial charge in [-0.05, 0) is 36.4 Å². The van der Waals surface area contributed by atoms with Crippen molar-refractivity contribution < 1.29 is 27.8 Å². The van der Waals surface area contributed by atoms with E-state index in [2.05, 4.69) is 15.3 Å². The molecule has 2 N–H and O–H groups in total. The summed E-state index contributed by atoms with van der Waals surface area (Å²) in [5.41, 5.74) is 0.358. The molecule has 0 atom stereocenters. The summed E-state index contributed by atoms with van der Waals surface area (Å²) in [5, 5.41) is 12.5. The van der Waals surface area contributed by atoms with Crippen LogP contribution in [0.2, 0.25) is 0 Å². The maximum Gasteiger partial charge on any atom is 0.416 e. The molecule has 0 fully saturated rings. The van der Waals surface area contributed by atoms with Crippen LogP contribution in [0.1, 0.15) is 16.1 Å². The van der Waals surface area contributed by atoms with E-state index in [-0.39, 0.29) is 22.9 Å². The summed E-state index contributed by atoms with van der Waals surface area (Å²) in [4.78, 5) is 20.4. The van der Waals surface area contributed by atoms with Gasteiger partial charge in [0.25, 0.3) is 0 Å². The zero-order valence-electron chi connectivity index (χ0n) is 16.0. The highest BCUT2D eigenvalue weighted by atomic mass is 19.4. The number of ether oxygens (including phenoxy) is 1. The Hall–Kier alpha value is -4.08. The van der Waals surface area contributed by atoms with Crippen molar-refractivity contribution in [2.45, 2.75) is 6.18 Å². The highest BCUT2D eigenvalue weighted by Gasteiger charge is 2.30. The molecule has 3 aromatic heterocycles. The predicted molar refractivity (Wildman–Crippen MR) is 107 cm³/mol. The number of methoxy groups -OCH3 is 1. The first-order valence-corrected chi connectivity index (χ1v) is 8.97. The third-order valence-electron chi connectivity index (χ3n) is 4.49. The maximum absolute atomic E-state index is 12.8. The molecule has 0 aliphatic carbocycles. The summed E-state index contributed by atoms with van der Waals surface area (Å²) in [7, 11) is 1.44. The Morgan fingerprint density at radius 3 is 2.48 bits per heavy atom. The fraction of sp³-hybridized carbons (Fsp3) is 0.0952. The number of hydrogen-bond acceptors (Lipinski definition) is 5. The second kappa shape index (κ2) is 7.63. The van der Waals surface area contributed by atoms with Gasteiger partial charge in [0.15, 0.2) is 5.69 Å². The van der Waals surface area contributed by atoms with E-state index in [1.807, 2.05) is 0 Å².